The molecule has 1 atom stereocenters. The minimum atomic E-state index is 0.0599. The summed E-state index contributed by atoms with van der Waals surface area (Å²) in [6.45, 7) is 2.06. The van der Waals surface area contributed by atoms with Gasteiger partial charge in [0.25, 0.3) is 0 Å². The lowest BCUT2D eigenvalue weighted by atomic mass is 10.1. The molecule has 3 nitrogen and oxygen atoms in total. The molecule has 2 aromatic carbocycles. The molecule has 0 amide bonds. The highest BCUT2D eigenvalue weighted by Crippen LogP contribution is 2.33. The highest BCUT2D eigenvalue weighted by atomic mass is 35.5. The summed E-state index contributed by atoms with van der Waals surface area (Å²) in [6.07, 6.45) is 0. The molecular formula is C16H18ClNO2. The molecule has 0 aromatic heterocycles. The molecule has 1 unspecified atom stereocenters. The van der Waals surface area contributed by atoms with Crippen molar-refractivity contribution in [3.63, 3.8) is 0 Å². The zero-order chi connectivity index (χ0) is 14.5. The number of benzene rings is 2. The molecule has 4 heteroatoms. The van der Waals surface area contributed by atoms with Crippen LogP contribution in [0.4, 0.5) is 5.69 Å². The van der Waals surface area contributed by atoms with Crippen LogP contribution in [0.1, 0.15) is 18.5 Å². The topological polar surface area (TPSA) is 30.5 Å². The summed E-state index contributed by atoms with van der Waals surface area (Å²) in [5.41, 5.74) is 1.92. The fourth-order valence-corrected chi connectivity index (χ4v) is 2.36. The van der Waals surface area contributed by atoms with Crippen molar-refractivity contribution in [2.24, 2.45) is 0 Å². The Kier molecular flexibility index (Phi) is 4.74. The van der Waals surface area contributed by atoms with Gasteiger partial charge in [-0.25, -0.2) is 0 Å². The van der Waals surface area contributed by atoms with E-state index in [9.17, 15) is 0 Å². The monoisotopic (exact) mass is 291 g/mol. The number of anilines is 1. The van der Waals surface area contributed by atoms with E-state index in [2.05, 4.69) is 12.2 Å². The Hall–Kier alpha value is -1.87. The minimum absolute atomic E-state index is 0.0599. The van der Waals surface area contributed by atoms with Crippen LogP contribution in [0.5, 0.6) is 11.5 Å². The third kappa shape index (κ3) is 3.17. The molecule has 0 saturated carbocycles. The summed E-state index contributed by atoms with van der Waals surface area (Å²) in [4.78, 5) is 0. The number of halogens is 1. The lowest BCUT2D eigenvalue weighted by molar-refractivity contribution is 0.404. The van der Waals surface area contributed by atoms with Gasteiger partial charge < -0.3 is 14.8 Å². The predicted octanol–water partition coefficient (Wildman–Crippen LogP) is 4.53. The van der Waals surface area contributed by atoms with Crippen molar-refractivity contribution < 1.29 is 9.47 Å². The van der Waals surface area contributed by atoms with Crippen molar-refractivity contribution in [3.8, 4) is 11.5 Å². The van der Waals surface area contributed by atoms with E-state index in [4.69, 9.17) is 21.1 Å². The molecule has 0 saturated heterocycles. The molecular weight excluding hydrogens is 274 g/mol. The number of methoxy groups -OCH3 is 2. The maximum atomic E-state index is 6.22. The molecule has 0 spiro atoms. The summed E-state index contributed by atoms with van der Waals surface area (Å²) in [6, 6.07) is 13.5. The van der Waals surface area contributed by atoms with Crippen molar-refractivity contribution in [2.75, 3.05) is 19.5 Å². The summed E-state index contributed by atoms with van der Waals surface area (Å²) in [7, 11) is 3.29. The highest BCUT2D eigenvalue weighted by Gasteiger charge is 2.12. The number of rotatable bonds is 5. The van der Waals surface area contributed by atoms with Crippen LogP contribution in [0.15, 0.2) is 42.5 Å². The van der Waals surface area contributed by atoms with Gasteiger partial charge in [0, 0.05) is 11.1 Å². The van der Waals surface area contributed by atoms with Crippen LogP contribution < -0.4 is 14.8 Å². The zero-order valence-corrected chi connectivity index (χ0v) is 12.6. The summed E-state index contributed by atoms with van der Waals surface area (Å²) in [5, 5.41) is 4.15. The summed E-state index contributed by atoms with van der Waals surface area (Å²) in [5.74, 6) is 1.55. The van der Waals surface area contributed by atoms with Gasteiger partial charge in [-0.2, -0.15) is 0 Å². The van der Waals surface area contributed by atoms with E-state index >= 15 is 0 Å². The first kappa shape index (κ1) is 14.5. The van der Waals surface area contributed by atoms with Crippen molar-refractivity contribution >= 4 is 17.3 Å². The maximum absolute atomic E-state index is 6.22. The van der Waals surface area contributed by atoms with E-state index in [1.807, 2.05) is 42.5 Å². The molecule has 0 fully saturated rings. The number of hydrogen-bond donors (Lipinski definition) is 1. The van der Waals surface area contributed by atoms with Crippen LogP contribution in [-0.4, -0.2) is 14.2 Å². The molecule has 0 radical (unpaired) electrons. The van der Waals surface area contributed by atoms with E-state index < -0.39 is 0 Å². The molecule has 0 bridgehead atoms. The molecule has 0 aliphatic heterocycles. The normalized spacial score (nSPS) is 11.8. The molecule has 2 aromatic rings. The predicted molar refractivity (Wildman–Crippen MR) is 83.0 cm³/mol. The van der Waals surface area contributed by atoms with E-state index in [1.54, 1.807) is 14.2 Å². The molecule has 2 rings (SSSR count). The molecule has 0 heterocycles. The first-order valence-corrected chi connectivity index (χ1v) is 6.76. The molecule has 0 aliphatic rings. The Balaban J connectivity index is 2.27. The fourth-order valence-electron chi connectivity index (χ4n) is 2.06. The maximum Gasteiger partial charge on any atom is 0.142 e. The van der Waals surface area contributed by atoms with Gasteiger partial charge in [0.2, 0.25) is 0 Å². The van der Waals surface area contributed by atoms with Gasteiger partial charge in [-0.15, -0.1) is 0 Å². The Morgan fingerprint density at radius 1 is 1.05 bits per heavy atom. The minimum Gasteiger partial charge on any atom is -0.497 e. The van der Waals surface area contributed by atoms with Crippen LogP contribution in [0.2, 0.25) is 5.02 Å². The summed E-state index contributed by atoms with van der Waals surface area (Å²) < 4.78 is 10.6. The second kappa shape index (κ2) is 6.53. The third-order valence-electron chi connectivity index (χ3n) is 3.15. The van der Waals surface area contributed by atoms with Crippen LogP contribution in [-0.2, 0) is 0 Å². The first-order valence-electron chi connectivity index (χ1n) is 6.38. The van der Waals surface area contributed by atoms with Crippen molar-refractivity contribution in [3.05, 3.63) is 53.1 Å². The Labute approximate surface area is 124 Å². The van der Waals surface area contributed by atoms with E-state index in [0.717, 1.165) is 27.8 Å². The number of ether oxygens (including phenoxy) is 2. The lowest BCUT2D eigenvalue weighted by Crippen LogP contribution is -2.08. The van der Waals surface area contributed by atoms with Crippen LogP contribution in [0, 0.1) is 0 Å². The van der Waals surface area contributed by atoms with Gasteiger partial charge >= 0.3 is 0 Å². The smallest absolute Gasteiger partial charge is 0.142 e. The summed E-state index contributed by atoms with van der Waals surface area (Å²) >= 11 is 6.22. The van der Waals surface area contributed by atoms with Crippen molar-refractivity contribution in [2.45, 2.75) is 13.0 Å². The highest BCUT2D eigenvalue weighted by molar-refractivity contribution is 6.31. The quantitative estimate of drug-likeness (QED) is 0.878. The SMILES string of the molecule is COc1ccc(OC)c(NC(C)c2ccccc2Cl)c1. The average molecular weight is 292 g/mol. The Morgan fingerprint density at radius 2 is 1.80 bits per heavy atom. The fraction of sp³-hybridized carbons (Fsp3) is 0.250. The van der Waals surface area contributed by atoms with Crippen LogP contribution >= 0.6 is 11.6 Å². The first-order chi connectivity index (χ1) is 9.65. The molecule has 1 N–H and O–H groups in total. The van der Waals surface area contributed by atoms with E-state index in [1.165, 1.54) is 0 Å². The Morgan fingerprint density at radius 3 is 2.45 bits per heavy atom. The second-order valence-electron chi connectivity index (χ2n) is 4.45. The van der Waals surface area contributed by atoms with Gasteiger partial charge in [-0.1, -0.05) is 29.8 Å². The van der Waals surface area contributed by atoms with Gasteiger partial charge in [0.1, 0.15) is 11.5 Å². The molecule has 20 heavy (non-hydrogen) atoms. The van der Waals surface area contributed by atoms with Gasteiger partial charge in [0.05, 0.1) is 25.9 Å². The molecule has 0 aliphatic carbocycles. The largest absolute Gasteiger partial charge is 0.497 e. The van der Waals surface area contributed by atoms with Gasteiger partial charge in [-0.05, 0) is 30.7 Å². The number of hydrogen-bond acceptors (Lipinski definition) is 3. The van der Waals surface area contributed by atoms with Crippen molar-refractivity contribution in [1.82, 2.24) is 0 Å². The van der Waals surface area contributed by atoms with E-state index in [-0.39, 0.29) is 6.04 Å². The third-order valence-corrected chi connectivity index (χ3v) is 3.49. The molecule has 106 valence electrons. The van der Waals surface area contributed by atoms with Crippen molar-refractivity contribution in [1.29, 1.82) is 0 Å². The van der Waals surface area contributed by atoms with Gasteiger partial charge in [-0.3, -0.25) is 0 Å². The zero-order valence-electron chi connectivity index (χ0n) is 11.8. The number of nitrogens with one attached hydrogen (secondary N) is 1. The average Bonchev–Trinajstić information content (AvgIpc) is 2.47. The standard InChI is InChI=1S/C16H18ClNO2/c1-11(13-6-4-5-7-14(13)17)18-15-10-12(19-2)8-9-16(15)20-3/h4-11,18H,1-3H3. The van der Waals surface area contributed by atoms with Crippen LogP contribution in [0.3, 0.4) is 0 Å². The lowest BCUT2D eigenvalue weighted by Gasteiger charge is -2.19. The van der Waals surface area contributed by atoms with Crippen LogP contribution in [0.25, 0.3) is 0 Å². The van der Waals surface area contributed by atoms with E-state index in [0.29, 0.717) is 0 Å². The second-order valence-corrected chi connectivity index (χ2v) is 4.86. The Bertz CT molecular complexity index is 586. The van der Waals surface area contributed by atoms with Gasteiger partial charge in [0.15, 0.2) is 0 Å².